The summed E-state index contributed by atoms with van der Waals surface area (Å²) < 4.78 is 6.48. The van der Waals surface area contributed by atoms with Gasteiger partial charge >= 0.3 is 0 Å². The quantitative estimate of drug-likeness (QED) is 0.477. The summed E-state index contributed by atoms with van der Waals surface area (Å²) in [5.41, 5.74) is 2.09. The van der Waals surface area contributed by atoms with Crippen LogP contribution < -0.4 is 10.2 Å². The Morgan fingerprint density at radius 1 is 1.16 bits per heavy atom. The van der Waals surface area contributed by atoms with E-state index in [2.05, 4.69) is 15.2 Å². The minimum atomic E-state index is -0.163. The van der Waals surface area contributed by atoms with E-state index in [1.54, 1.807) is 35.3 Å². The molecule has 0 unspecified atom stereocenters. The summed E-state index contributed by atoms with van der Waals surface area (Å²) >= 11 is 2.99. The molecule has 1 aliphatic rings. The highest BCUT2D eigenvalue weighted by atomic mass is 32.1. The van der Waals surface area contributed by atoms with Crippen LogP contribution in [-0.4, -0.2) is 53.9 Å². The van der Waals surface area contributed by atoms with Crippen LogP contribution in [0.1, 0.15) is 28.4 Å². The highest BCUT2D eigenvalue weighted by Gasteiger charge is 2.27. The minimum Gasteiger partial charge on any atom is -0.441 e. The van der Waals surface area contributed by atoms with Crippen molar-refractivity contribution in [2.75, 3.05) is 37.4 Å². The van der Waals surface area contributed by atoms with E-state index in [9.17, 15) is 9.59 Å². The molecule has 0 aliphatic carbocycles. The van der Waals surface area contributed by atoms with Crippen molar-refractivity contribution in [1.29, 1.82) is 0 Å². The Morgan fingerprint density at radius 3 is 2.66 bits per heavy atom. The largest absolute Gasteiger partial charge is 0.441 e. The van der Waals surface area contributed by atoms with Crippen molar-refractivity contribution in [2.24, 2.45) is 5.92 Å². The Balaban J connectivity index is 1.26. The molecule has 1 fully saturated rings. The number of nitrogens with zero attached hydrogens (tertiary/aromatic N) is 4. The van der Waals surface area contributed by atoms with E-state index in [4.69, 9.17) is 9.40 Å². The zero-order valence-electron chi connectivity index (χ0n) is 18.0. The summed E-state index contributed by atoms with van der Waals surface area (Å²) in [6.07, 6.45) is 1.68. The number of nitrogens with one attached hydrogen (secondary N) is 1. The van der Waals surface area contributed by atoms with Crippen LogP contribution in [0.4, 0.5) is 10.8 Å². The van der Waals surface area contributed by atoms with Crippen LogP contribution in [-0.2, 0) is 4.79 Å². The topological polar surface area (TPSA) is 91.6 Å². The summed E-state index contributed by atoms with van der Waals surface area (Å²) in [5, 5.41) is 3.89. The zero-order valence-corrected chi connectivity index (χ0v) is 19.7. The molecular weight excluding hydrogens is 446 g/mol. The van der Waals surface area contributed by atoms with E-state index in [0.29, 0.717) is 22.0 Å². The molecule has 1 aliphatic heterocycles. The zero-order chi connectivity index (χ0) is 22.4. The van der Waals surface area contributed by atoms with Gasteiger partial charge in [-0.3, -0.25) is 9.59 Å². The maximum absolute atomic E-state index is 12.8. The van der Waals surface area contributed by atoms with Gasteiger partial charge in [0, 0.05) is 45.7 Å². The molecule has 4 heterocycles. The molecule has 3 aromatic heterocycles. The molecule has 4 aromatic rings. The molecule has 0 bridgehead atoms. The second-order valence-electron chi connectivity index (χ2n) is 8.14. The molecule has 1 N–H and O–H groups in total. The van der Waals surface area contributed by atoms with Crippen molar-refractivity contribution in [3.63, 3.8) is 0 Å². The van der Waals surface area contributed by atoms with Gasteiger partial charge in [0.2, 0.25) is 5.91 Å². The smallest absolute Gasteiger partial charge is 0.265 e. The Kier molecular flexibility index (Phi) is 5.34. The van der Waals surface area contributed by atoms with Gasteiger partial charge in [0.15, 0.2) is 16.6 Å². The molecule has 0 saturated carbocycles. The second kappa shape index (κ2) is 8.18. The lowest BCUT2D eigenvalue weighted by Gasteiger charge is -2.32. The van der Waals surface area contributed by atoms with E-state index in [1.165, 1.54) is 11.3 Å². The maximum Gasteiger partial charge on any atom is 0.265 e. The van der Waals surface area contributed by atoms with Gasteiger partial charge in [0.1, 0.15) is 10.3 Å². The van der Waals surface area contributed by atoms with Gasteiger partial charge in [-0.1, -0.05) is 11.3 Å². The van der Waals surface area contributed by atoms with Gasteiger partial charge in [-0.15, -0.1) is 11.3 Å². The van der Waals surface area contributed by atoms with Crippen LogP contribution in [0, 0.1) is 12.8 Å². The van der Waals surface area contributed by atoms with Crippen molar-refractivity contribution in [1.82, 2.24) is 14.9 Å². The molecule has 0 radical (unpaired) electrons. The van der Waals surface area contributed by atoms with Gasteiger partial charge < -0.3 is 19.5 Å². The van der Waals surface area contributed by atoms with Crippen molar-refractivity contribution in [2.45, 2.75) is 19.8 Å². The lowest BCUT2D eigenvalue weighted by atomic mass is 9.96. The molecule has 5 rings (SSSR count). The fourth-order valence-corrected chi connectivity index (χ4v) is 6.12. The number of piperidine rings is 1. The maximum atomic E-state index is 12.8. The fourth-order valence-electron chi connectivity index (χ4n) is 3.97. The van der Waals surface area contributed by atoms with E-state index in [-0.39, 0.29) is 17.7 Å². The van der Waals surface area contributed by atoms with Crippen LogP contribution in [0.5, 0.6) is 0 Å². The fraction of sp³-hybridized carbons (Fsp3) is 0.364. The second-order valence-corrected chi connectivity index (χ2v) is 10.2. The number of benzene rings is 1. The van der Waals surface area contributed by atoms with Crippen LogP contribution in [0.15, 0.2) is 28.7 Å². The number of hydrogen-bond donors (Lipinski definition) is 1. The Bertz CT molecular complexity index is 1280. The van der Waals surface area contributed by atoms with E-state index >= 15 is 0 Å². The first-order valence-corrected chi connectivity index (χ1v) is 12.1. The standard InChI is InChI=1S/C22H23N5O3S2/c1-12-23-15-10-14(4-5-16(15)30-12)24-19(28)17-11-18-20(31-17)25-22(32-18)27-8-6-13(7-9-27)21(29)26(2)3/h4-5,10-11,13H,6-9H2,1-3H3,(H,24,28). The third kappa shape index (κ3) is 3.95. The number of thiophene rings is 1. The highest BCUT2D eigenvalue weighted by Crippen LogP contribution is 2.36. The van der Waals surface area contributed by atoms with Gasteiger partial charge in [0.05, 0.1) is 9.58 Å². The molecule has 0 spiro atoms. The molecule has 0 atom stereocenters. The van der Waals surface area contributed by atoms with Crippen LogP contribution in [0.25, 0.3) is 20.6 Å². The van der Waals surface area contributed by atoms with Crippen molar-refractivity contribution in [3.05, 3.63) is 35.0 Å². The first kappa shape index (κ1) is 20.9. The van der Waals surface area contributed by atoms with E-state index < -0.39 is 0 Å². The number of aryl methyl sites for hydroxylation is 1. The lowest BCUT2D eigenvalue weighted by Crippen LogP contribution is -2.40. The lowest BCUT2D eigenvalue weighted by molar-refractivity contribution is -0.133. The molecular formula is C22H23N5O3S2. The average Bonchev–Trinajstić information content (AvgIpc) is 3.45. The number of carbonyl (C=O) groups excluding carboxylic acids is 2. The minimum absolute atomic E-state index is 0.0954. The third-order valence-electron chi connectivity index (χ3n) is 5.61. The number of aromatic nitrogens is 2. The van der Waals surface area contributed by atoms with Gasteiger partial charge in [-0.2, -0.15) is 0 Å². The molecule has 10 heteroatoms. The van der Waals surface area contributed by atoms with Crippen LogP contribution >= 0.6 is 22.7 Å². The molecule has 2 amide bonds. The van der Waals surface area contributed by atoms with E-state index in [0.717, 1.165) is 46.1 Å². The third-order valence-corrected chi connectivity index (χ3v) is 7.83. The summed E-state index contributed by atoms with van der Waals surface area (Å²) in [7, 11) is 3.62. The summed E-state index contributed by atoms with van der Waals surface area (Å²) in [5.74, 6) is 0.734. The molecule has 8 nitrogen and oxygen atoms in total. The van der Waals surface area contributed by atoms with Gasteiger partial charge in [-0.25, -0.2) is 9.97 Å². The van der Waals surface area contributed by atoms with Gasteiger partial charge in [-0.05, 0) is 37.1 Å². The first-order chi connectivity index (χ1) is 15.4. The Morgan fingerprint density at radius 2 is 1.94 bits per heavy atom. The van der Waals surface area contributed by atoms with Crippen molar-refractivity contribution in [3.8, 4) is 0 Å². The monoisotopic (exact) mass is 469 g/mol. The van der Waals surface area contributed by atoms with Crippen LogP contribution in [0.2, 0.25) is 0 Å². The number of fused-ring (bicyclic) bond motifs is 2. The van der Waals surface area contributed by atoms with Gasteiger partial charge in [0.25, 0.3) is 5.91 Å². The summed E-state index contributed by atoms with van der Waals surface area (Å²) in [6.45, 7) is 3.44. The SMILES string of the molecule is Cc1nc2cc(NC(=O)c3cc4sc(N5CCC(C(=O)N(C)C)CC5)nc4s3)ccc2o1. The predicted molar refractivity (Wildman–Crippen MR) is 128 cm³/mol. The Labute approximate surface area is 192 Å². The number of rotatable bonds is 4. The highest BCUT2D eigenvalue weighted by molar-refractivity contribution is 7.29. The molecule has 32 heavy (non-hydrogen) atoms. The molecule has 1 aromatic carbocycles. The molecule has 1 saturated heterocycles. The summed E-state index contributed by atoms with van der Waals surface area (Å²) in [4.78, 5) is 39.4. The van der Waals surface area contributed by atoms with Crippen molar-refractivity contribution >= 4 is 65.9 Å². The number of amides is 2. The number of anilines is 2. The normalized spacial score (nSPS) is 14.9. The van der Waals surface area contributed by atoms with E-state index in [1.807, 2.05) is 26.2 Å². The first-order valence-electron chi connectivity index (χ1n) is 10.4. The van der Waals surface area contributed by atoms with Crippen molar-refractivity contribution < 1.29 is 14.0 Å². The number of hydrogen-bond acceptors (Lipinski definition) is 8. The van der Waals surface area contributed by atoms with Crippen LogP contribution in [0.3, 0.4) is 0 Å². The number of oxazole rings is 1. The average molecular weight is 470 g/mol. The Hall–Kier alpha value is -2.98. The predicted octanol–water partition coefficient (Wildman–Crippen LogP) is 4.36. The number of thiazole rings is 1. The number of carbonyl (C=O) groups is 2. The molecule has 166 valence electrons. The summed E-state index contributed by atoms with van der Waals surface area (Å²) in [6, 6.07) is 7.32.